The number of carbonyl (C=O) groups is 2. The third-order valence-electron chi connectivity index (χ3n) is 7.44. The molecule has 0 bridgehead atoms. The van der Waals surface area contributed by atoms with Crippen LogP contribution in [-0.2, 0) is 59.9 Å². The van der Waals surface area contributed by atoms with Gasteiger partial charge < -0.3 is 16.9 Å². The Balaban J connectivity index is 0.000000469. The van der Waals surface area contributed by atoms with Gasteiger partial charge in [-0.25, -0.2) is 11.0 Å². The fourth-order valence-electron chi connectivity index (χ4n) is 4.53. The van der Waals surface area contributed by atoms with Gasteiger partial charge in [-0.2, -0.15) is 35.9 Å². The Morgan fingerprint density at radius 1 is 0.907 bits per heavy atom. The van der Waals surface area contributed by atoms with Crippen molar-refractivity contribution in [2.24, 2.45) is 10.8 Å². The molecule has 1 saturated heterocycles. The Hall–Kier alpha value is -2.33. The van der Waals surface area contributed by atoms with Crippen LogP contribution in [0.2, 0.25) is 5.02 Å². The fraction of sp³-hybridized carbons (Fsp3) is 0.364. The van der Waals surface area contributed by atoms with Gasteiger partial charge in [0.15, 0.2) is 0 Å². The van der Waals surface area contributed by atoms with E-state index in [0.29, 0.717) is 43.9 Å². The molecule has 1 radical (unpaired) electrons. The van der Waals surface area contributed by atoms with E-state index in [1.165, 1.54) is 5.56 Å². The molecule has 0 saturated carbocycles. The van der Waals surface area contributed by atoms with Crippen molar-refractivity contribution in [2.75, 3.05) is 13.2 Å². The summed E-state index contributed by atoms with van der Waals surface area (Å²) in [6, 6.07) is 25.6. The molecule has 0 unspecified atom stereocenters. The first kappa shape index (κ1) is 38.7. The third-order valence-corrected chi connectivity index (χ3v) is 7.69. The molecule has 0 spiro atoms. The maximum atomic E-state index is 12.1. The van der Waals surface area contributed by atoms with E-state index in [1.807, 2.05) is 80.0 Å². The van der Waals surface area contributed by atoms with Crippen LogP contribution in [0.25, 0.3) is 0 Å². The second kappa shape index (κ2) is 19.1. The number of nitrogens with one attached hydrogen (secondary N) is 2. The van der Waals surface area contributed by atoms with Crippen LogP contribution in [-0.4, -0.2) is 35.4 Å². The van der Waals surface area contributed by atoms with Crippen molar-refractivity contribution in [3.05, 3.63) is 102 Å². The van der Waals surface area contributed by atoms with Gasteiger partial charge in [-0.15, -0.1) is 0 Å². The summed E-state index contributed by atoms with van der Waals surface area (Å²) in [5, 5.41) is 18.3. The van der Waals surface area contributed by atoms with E-state index >= 15 is 0 Å². The first-order valence-corrected chi connectivity index (χ1v) is 14.0. The van der Waals surface area contributed by atoms with E-state index in [1.54, 1.807) is 17.6 Å². The molecule has 0 aliphatic carbocycles. The number of carbonyl (C=O) groups excluding carboxylic acids is 2. The zero-order valence-electron chi connectivity index (χ0n) is 25.1. The summed E-state index contributed by atoms with van der Waals surface area (Å²) >= 11 is 5.87. The van der Waals surface area contributed by atoms with E-state index in [2.05, 4.69) is 6.07 Å². The molecule has 43 heavy (non-hydrogen) atoms. The molecule has 0 aromatic heterocycles. The number of rotatable bonds is 10. The van der Waals surface area contributed by atoms with Crippen LogP contribution < -0.4 is 15.7 Å². The summed E-state index contributed by atoms with van der Waals surface area (Å²) in [7, 11) is 0. The molecule has 8 nitrogen and oxygen atoms in total. The van der Waals surface area contributed by atoms with Crippen LogP contribution in [0.5, 0.6) is 11.5 Å². The molecule has 2 amide bonds. The van der Waals surface area contributed by atoms with Crippen LogP contribution in [0, 0.1) is 24.3 Å². The van der Waals surface area contributed by atoms with E-state index in [0.717, 1.165) is 29.9 Å². The monoisotopic (exact) mass is 685 g/mol. The normalized spacial score (nSPS) is 13.6. The smallest absolute Gasteiger partial charge is 0.249 e. The first-order chi connectivity index (χ1) is 19.7. The SMILES string of the molecule is CC(C)(CCc1cc[c-]cc1)C(=O)NO.O=C(NO)C1(CCc2ccc(Oc3ccc(Cl)cc3)cc2)CCOCC1.[CH3-].[Y]. The molecule has 0 atom stereocenters. The van der Waals surface area contributed by atoms with E-state index in [9.17, 15) is 9.59 Å². The molecule has 10 heteroatoms. The van der Waals surface area contributed by atoms with E-state index in [-0.39, 0.29) is 52.0 Å². The minimum atomic E-state index is -0.564. The first-order valence-electron chi connectivity index (χ1n) is 13.6. The Morgan fingerprint density at radius 3 is 1.98 bits per heavy atom. The van der Waals surface area contributed by atoms with Gasteiger partial charge >= 0.3 is 0 Å². The quantitative estimate of drug-likeness (QED) is 0.106. The van der Waals surface area contributed by atoms with Gasteiger partial charge in [0.1, 0.15) is 11.5 Å². The number of benzene rings is 3. The maximum Gasteiger partial charge on any atom is 0.249 e. The number of amides is 2. The minimum absolute atomic E-state index is 0. The van der Waals surface area contributed by atoms with Crippen LogP contribution in [0.1, 0.15) is 50.7 Å². The Bertz CT molecular complexity index is 1230. The van der Waals surface area contributed by atoms with E-state index < -0.39 is 10.8 Å². The Labute approximate surface area is 285 Å². The summed E-state index contributed by atoms with van der Waals surface area (Å²) in [6.45, 7) is 4.71. The number of aryl methyl sites for hydroxylation is 2. The molecule has 4 N–H and O–H groups in total. The van der Waals surface area contributed by atoms with Crippen molar-refractivity contribution in [1.82, 2.24) is 11.0 Å². The maximum absolute atomic E-state index is 12.1. The van der Waals surface area contributed by atoms with Gasteiger partial charge in [0.05, 0.1) is 5.41 Å². The summed E-state index contributed by atoms with van der Waals surface area (Å²) in [6.07, 6.45) is 4.17. The van der Waals surface area contributed by atoms with Gasteiger partial charge in [-0.05, 0) is 80.5 Å². The number of hydroxylamine groups is 2. The topological polar surface area (TPSA) is 117 Å². The standard InChI is InChI=1S/C20H22ClNO4.C12H16NO2.CH3.Y/c21-16-3-7-18(8-4-16)26-17-5-1-15(2-6-17)9-10-20(19(23)22-24)11-13-25-14-12-20;1-12(2,11(14)13-15)9-8-10-6-4-3-5-7-10;;/h1-8,24H,9-14H2,(H,22,23);4-7,15H,8-9H2,1-2H3,(H,13,14);1H3;/q;2*-1;. The number of hydrogen-bond acceptors (Lipinski definition) is 6. The summed E-state index contributed by atoms with van der Waals surface area (Å²) in [5.74, 6) is 0.807. The van der Waals surface area contributed by atoms with Crippen LogP contribution in [0.15, 0.2) is 72.8 Å². The van der Waals surface area contributed by atoms with Crippen LogP contribution >= 0.6 is 11.6 Å². The van der Waals surface area contributed by atoms with Crippen LogP contribution in [0.3, 0.4) is 0 Å². The van der Waals surface area contributed by atoms with Crippen molar-refractivity contribution in [2.45, 2.75) is 52.4 Å². The Morgan fingerprint density at radius 2 is 1.44 bits per heavy atom. The molecule has 1 fully saturated rings. The number of hydrogen-bond donors (Lipinski definition) is 4. The summed E-state index contributed by atoms with van der Waals surface area (Å²) < 4.78 is 11.2. The molecule has 1 heterocycles. The summed E-state index contributed by atoms with van der Waals surface area (Å²) in [4.78, 5) is 23.4. The molecule has 1 aliphatic rings. The number of ether oxygens (including phenoxy) is 2. The fourth-order valence-corrected chi connectivity index (χ4v) is 4.65. The second-order valence-corrected chi connectivity index (χ2v) is 11.2. The van der Waals surface area contributed by atoms with Crippen molar-refractivity contribution < 1.29 is 62.2 Å². The molecular weight excluding hydrogens is 645 g/mol. The zero-order valence-corrected chi connectivity index (χ0v) is 28.7. The second-order valence-electron chi connectivity index (χ2n) is 10.8. The summed E-state index contributed by atoms with van der Waals surface area (Å²) in [5.41, 5.74) is 4.70. The van der Waals surface area contributed by atoms with Crippen molar-refractivity contribution in [1.29, 1.82) is 0 Å². The molecule has 3 aromatic carbocycles. The van der Waals surface area contributed by atoms with Gasteiger partial charge in [0, 0.05) is 56.4 Å². The predicted octanol–water partition coefficient (Wildman–Crippen LogP) is 6.77. The number of halogens is 1. The Kier molecular flexibility index (Phi) is 17.2. The van der Waals surface area contributed by atoms with E-state index in [4.69, 9.17) is 31.5 Å². The molecular formula is C33H41ClN2O6Y-2. The van der Waals surface area contributed by atoms with Gasteiger partial charge in [0.2, 0.25) is 11.8 Å². The van der Waals surface area contributed by atoms with Gasteiger partial charge in [0.25, 0.3) is 0 Å². The van der Waals surface area contributed by atoms with Crippen LogP contribution in [0.4, 0.5) is 0 Å². The van der Waals surface area contributed by atoms with Gasteiger partial charge in [-0.1, -0.05) is 37.6 Å². The third kappa shape index (κ3) is 12.3. The molecule has 231 valence electrons. The zero-order chi connectivity index (χ0) is 29.7. The molecule has 3 aromatic rings. The van der Waals surface area contributed by atoms with Crippen molar-refractivity contribution >= 4 is 23.4 Å². The molecule has 1 aliphatic heterocycles. The molecule has 4 rings (SSSR count). The van der Waals surface area contributed by atoms with Crippen molar-refractivity contribution in [3.63, 3.8) is 0 Å². The van der Waals surface area contributed by atoms with Crippen molar-refractivity contribution in [3.8, 4) is 11.5 Å². The minimum Gasteiger partial charge on any atom is -0.457 e. The predicted molar refractivity (Wildman–Crippen MR) is 162 cm³/mol. The average molecular weight is 686 g/mol. The van der Waals surface area contributed by atoms with Gasteiger partial charge in [-0.3, -0.25) is 20.0 Å². The average Bonchev–Trinajstić information content (AvgIpc) is 3.01. The largest absolute Gasteiger partial charge is 0.457 e.